The van der Waals surface area contributed by atoms with E-state index in [0.29, 0.717) is 12.1 Å². The van der Waals surface area contributed by atoms with Crippen molar-refractivity contribution in [2.24, 2.45) is 11.8 Å². The molecule has 1 aromatic carbocycles. The number of hydrogen-bond acceptors (Lipinski definition) is 3. The third-order valence-corrected chi connectivity index (χ3v) is 3.12. The molecule has 18 heavy (non-hydrogen) atoms. The number of amides is 1. The van der Waals surface area contributed by atoms with Crippen molar-refractivity contribution in [1.82, 2.24) is 0 Å². The summed E-state index contributed by atoms with van der Waals surface area (Å²) in [4.78, 5) is 23.6. The van der Waals surface area contributed by atoms with Gasteiger partial charge in [0.15, 0.2) is 0 Å². The van der Waals surface area contributed by atoms with Crippen LogP contribution in [0, 0.1) is 11.8 Å². The van der Waals surface area contributed by atoms with Crippen molar-refractivity contribution >= 4 is 17.6 Å². The Hall–Kier alpha value is -1.84. The van der Waals surface area contributed by atoms with Crippen LogP contribution in [0.15, 0.2) is 30.3 Å². The standard InChI is InChI=1S/C14H17NO3/c1-9(2)12-8-11(14(17)18-12)13(16)15-10-6-4-3-5-7-10/h3-7,9,11-12H,8H2,1-2H3,(H,15,16)/t11-,12+/m1/s1. The minimum atomic E-state index is -0.683. The molecular weight excluding hydrogens is 230 g/mol. The van der Waals surface area contributed by atoms with E-state index in [2.05, 4.69) is 5.32 Å². The molecule has 4 heteroatoms. The van der Waals surface area contributed by atoms with Crippen LogP contribution in [0.25, 0.3) is 0 Å². The minimum absolute atomic E-state index is 0.149. The van der Waals surface area contributed by atoms with E-state index in [1.54, 1.807) is 12.1 Å². The Morgan fingerprint density at radius 2 is 2.00 bits per heavy atom. The summed E-state index contributed by atoms with van der Waals surface area (Å²) in [6.07, 6.45) is 0.318. The Labute approximate surface area is 106 Å². The van der Waals surface area contributed by atoms with E-state index in [1.165, 1.54) is 0 Å². The number of anilines is 1. The Morgan fingerprint density at radius 3 is 2.56 bits per heavy atom. The molecule has 1 heterocycles. The second-order valence-corrected chi connectivity index (χ2v) is 4.86. The molecular formula is C14H17NO3. The van der Waals surface area contributed by atoms with Crippen LogP contribution in [-0.4, -0.2) is 18.0 Å². The second-order valence-electron chi connectivity index (χ2n) is 4.86. The molecule has 0 aromatic heterocycles. The molecule has 0 bridgehead atoms. The number of rotatable bonds is 3. The molecule has 1 fully saturated rings. The smallest absolute Gasteiger partial charge is 0.318 e. The van der Waals surface area contributed by atoms with Gasteiger partial charge in [0, 0.05) is 12.1 Å². The van der Waals surface area contributed by atoms with Crippen molar-refractivity contribution in [3.05, 3.63) is 30.3 Å². The average molecular weight is 247 g/mol. The number of esters is 1. The number of benzene rings is 1. The van der Waals surface area contributed by atoms with Crippen LogP contribution >= 0.6 is 0 Å². The number of cyclic esters (lactones) is 1. The summed E-state index contributed by atoms with van der Waals surface area (Å²) in [5.74, 6) is -1.14. The van der Waals surface area contributed by atoms with E-state index < -0.39 is 11.9 Å². The molecule has 1 aliphatic heterocycles. The molecule has 0 radical (unpaired) electrons. The normalized spacial score (nSPS) is 22.9. The van der Waals surface area contributed by atoms with Crippen LogP contribution in [-0.2, 0) is 14.3 Å². The van der Waals surface area contributed by atoms with E-state index in [1.807, 2.05) is 32.0 Å². The van der Waals surface area contributed by atoms with Gasteiger partial charge >= 0.3 is 5.97 Å². The van der Waals surface area contributed by atoms with Gasteiger partial charge in [-0.1, -0.05) is 32.0 Å². The fraction of sp³-hybridized carbons (Fsp3) is 0.429. The van der Waals surface area contributed by atoms with Crippen molar-refractivity contribution in [2.45, 2.75) is 26.4 Å². The first-order valence-electron chi connectivity index (χ1n) is 6.14. The Bertz CT molecular complexity index is 442. The van der Waals surface area contributed by atoms with Gasteiger partial charge in [-0.2, -0.15) is 0 Å². The lowest BCUT2D eigenvalue weighted by Crippen LogP contribution is -2.26. The predicted octanol–water partition coefficient (Wildman–Crippen LogP) is 2.21. The van der Waals surface area contributed by atoms with E-state index in [9.17, 15) is 9.59 Å². The molecule has 2 rings (SSSR count). The number of para-hydroxylation sites is 1. The molecule has 1 aromatic rings. The van der Waals surface area contributed by atoms with Gasteiger partial charge in [-0.25, -0.2) is 0 Å². The first-order chi connectivity index (χ1) is 8.58. The molecule has 96 valence electrons. The molecule has 1 N–H and O–H groups in total. The number of carbonyl (C=O) groups is 2. The second kappa shape index (κ2) is 5.21. The van der Waals surface area contributed by atoms with Gasteiger partial charge in [-0.3, -0.25) is 9.59 Å². The van der Waals surface area contributed by atoms with Gasteiger partial charge in [0.25, 0.3) is 0 Å². The first-order valence-corrected chi connectivity index (χ1v) is 6.14. The topological polar surface area (TPSA) is 55.4 Å². The minimum Gasteiger partial charge on any atom is -0.461 e. The van der Waals surface area contributed by atoms with E-state index in [4.69, 9.17) is 4.74 Å². The van der Waals surface area contributed by atoms with Gasteiger partial charge < -0.3 is 10.1 Å². The maximum atomic E-state index is 12.0. The lowest BCUT2D eigenvalue weighted by atomic mass is 9.97. The third kappa shape index (κ3) is 2.70. The maximum Gasteiger partial charge on any atom is 0.318 e. The fourth-order valence-electron chi connectivity index (χ4n) is 1.98. The SMILES string of the molecule is CC(C)[C@@H]1C[C@H](C(=O)Nc2ccccc2)C(=O)O1. The molecule has 1 amide bonds. The summed E-state index contributed by atoms with van der Waals surface area (Å²) in [6, 6.07) is 9.11. The molecule has 2 atom stereocenters. The zero-order chi connectivity index (χ0) is 13.1. The summed E-state index contributed by atoms with van der Waals surface area (Å²) in [6.45, 7) is 3.96. The number of ether oxygens (including phenoxy) is 1. The van der Waals surface area contributed by atoms with Crippen LogP contribution in [0.3, 0.4) is 0 Å². The summed E-state index contributed by atoms with van der Waals surface area (Å²) in [7, 11) is 0. The Morgan fingerprint density at radius 1 is 1.33 bits per heavy atom. The van der Waals surface area contributed by atoms with Gasteiger partial charge in [0.2, 0.25) is 5.91 Å². The lowest BCUT2D eigenvalue weighted by molar-refractivity contribution is -0.147. The van der Waals surface area contributed by atoms with Crippen molar-refractivity contribution in [3.8, 4) is 0 Å². The fourth-order valence-corrected chi connectivity index (χ4v) is 1.98. The predicted molar refractivity (Wildman–Crippen MR) is 67.9 cm³/mol. The summed E-state index contributed by atoms with van der Waals surface area (Å²) < 4.78 is 5.19. The molecule has 0 unspecified atom stereocenters. The highest BCUT2D eigenvalue weighted by molar-refractivity contribution is 6.05. The van der Waals surface area contributed by atoms with Crippen molar-refractivity contribution in [3.63, 3.8) is 0 Å². The van der Waals surface area contributed by atoms with E-state index >= 15 is 0 Å². The number of hydrogen-bond donors (Lipinski definition) is 1. The van der Waals surface area contributed by atoms with Crippen molar-refractivity contribution in [2.75, 3.05) is 5.32 Å². The molecule has 1 aliphatic rings. The monoisotopic (exact) mass is 247 g/mol. The van der Waals surface area contributed by atoms with Crippen LogP contribution in [0.2, 0.25) is 0 Å². The average Bonchev–Trinajstić information content (AvgIpc) is 2.73. The van der Waals surface area contributed by atoms with Gasteiger partial charge in [-0.05, 0) is 18.1 Å². The highest BCUT2D eigenvalue weighted by Gasteiger charge is 2.40. The van der Waals surface area contributed by atoms with Crippen LogP contribution < -0.4 is 5.32 Å². The van der Waals surface area contributed by atoms with Gasteiger partial charge in [-0.15, -0.1) is 0 Å². The molecule has 0 spiro atoms. The van der Waals surface area contributed by atoms with Crippen LogP contribution in [0.5, 0.6) is 0 Å². The summed E-state index contributed by atoms with van der Waals surface area (Å²) in [5.41, 5.74) is 0.697. The molecule has 0 saturated carbocycles. The van der Waals surface area contributed by atoms with Crippen LogP contribution in [0.1, 0.15) is 20.3 Å². The maximum absolute atomic E-state index is 12.0. The zero-order valence-electron chi connectivity index (χ0n) is 10.6. The quantitative estimate of drug-likeness (QED) is 0.658. The highest BCUT2D eigenvalue weighted by Crippen LogP contribution is 2.27. The zero-order valence-corrected chi connectivity index (χ0v) is 10.6. The Kier molecular flexibility index (Phi) is 3.65. The van der Waals surface area contributed by atoms with Crippen molar-refractivity contribution < 1.29 is 14.3 Å². The molecule has 1 saturated heterocycles. The van der Waals surface area contributed by atoms with E-state index in [-0.39, 0.29) is 17.9 Å². The third-order valence-electron chi connectivity index (χ3n) is 3.12. The van der Waals surface area contributed by atoms with Gasteiger partial charge in [0.1, 0.15) is 12.0 Å². The van der Waals surface area contributed by atoms with E-state index in [0.717, 1.165) is 0 Å². The highest BCUT2D eigenvalue weighted by atomic mass is 16.6. The number of nitrogens with one attached hydrogen (secondary N) is 1. The number of carbonyl (C=O) groups excluding carboxylic acids is 2. The van der Waals surface area contributed by atoms with Gasteiger partial charge in [0.05, 0.1) is 0 Å². The largest absolute Gasteiger partial charge is 0.461 e. The first kappa shape index (κ1) is 12.6. The van der Waals surface area contributed by atoms with Crippen molar-refractivity contribution in [1.29, 1.82) is 0 Å². The summed E-state index contributed by atoms with van der Waals surface area (Å²) >= 11 is 0. The van der Waals surface area contributed by atoms with Crippen LogP contribution in [0.4, 0.5) is 5.69 Å². The lowest BCUT2D eigenvalue weighted by Gasteiger charge is -2.11. The summed E-state index contributed by atoms with van der Waals surface area (Å²) in [5, 5.41) is 2.73. The Balaban J connectivity index is 2.00. The molecule has 0 aliphatic carbocycles. The molecule has 4 nitrogen and oxygen atoms in total.